The summed E-state index contributed by atoms with van der Waals surface area (Å²) in [6.07, 6.45) is 2.56. The lowest BCUT2D eigenvalue weighted by Gasteiger charge is -2.03. The van der Waals surface area contributed by atoms with Gasteiger partial charge in [-0.1, -0.05) is 0 Å². The molecule has 7 heteroatoms. The number of aromatic nitrogens is 4. The summed E-state index contributed by atoms with van der Waals surface area (Å²) in [6, 6.07) is 1.67. The predicted octanol–water partition coefficient (Wildman–Crippen LogP) is 1.74. The molecule has 0 saturated carbocycles. The van der Waals surface area contributed by atoms with Crippen molar-refractivity contribution in [3.05, 3.63) is 29.0 Å². The Morgan fingerprint density at radius 3 is 2.94 bits per heavy atom. The lowest BCUT2D eigenvalue weighted by atomic mass is 10.2. The number of aromatic amines is 1. The van der Waals surface area contributed by atoms with Gasteiger partial charge in [0.15, 0.2) is 5.82 Å². The number of hydrogen-bond donors (Lipinski definition) is 1. The van der Waals surface area contributed by atoms with Crippen molar-refractivity contribution in [3.63, 3.8) is 0 Å². The second kappa shape index (κ2) is 4.31. The van der Waals surface area contributed by atoms with E-state index in [0.29, 0.717) is 0 Å². The molecule has 2 heterocycles. The Kier molecular flexibility index (Phi) is 2.86. The Labute approximate surface area is 95.4 Å². The Hall–Kier alpha value is -1.89. The largest absolute Gasteiger partial charge is 0.468 e. The van der Waals surface area contributed by atoms with Gasteiger partial charge in [0.25, 0.3) is 6.01 Å². The monoisotopic (exact) mass is 238 g/mol. The lowest BCUT2D eigenvalue weighted by Crippen LogP contribution is -1.99. The van der Waals surface area contributed by atoms with Crippen LogP contribution >= 0.6 is 12.2 Å². The van der Waals surface area contributed by atoms with E-state index in [2.05, 4.69) is 19.9 Å². The predicted molar refractivity (Wildman–Crippen MR) is 57.0 cm³/mol. The molecular formula is C9H7FN4OS. The zero-order valence-corrected chi connectivity index (χ0v) is 9.08. The van der Waals surface area contributed by atoms with Gasteiger partial charge in [0.2, 0.25) is 4.77 Å². The van der Waals surface area contributed by atoms with Crippen LogP contribution in [0.15, 0.2) is 18.5 Å². The lowest BCUT2D eigenvalue weighted by molar-refractivity contribution is 0.378. The van der Waals surface area contributed by atoms with Crippen molar-refractivity contribution in [1.82, 2.24) is 19.9 Å². The van der Waals surface area contributed by atoms with Crippen LogP contribution in [0.1, 0.15) is 0 Å². The molecule has 0 amide bonds. The highest BCUT2D eigenvalue weighted by Gasteiger charge is 2.08. The highest BCUT2D eigenvalue weighted by Crippen LogP contribution is 2.18. The summed E-state index contributed by atoms with van der Waals surface area (Å²) in [6.45, 7) is 0. The summed E-state index contributed by atoms with van der Waals surface area (Å²) in [5.74, 6) is -0.231. The van der Waals surface area contributed by atoms with E-state index in [1.807, 2.05) is 0 Å². The molecule has 0 saturated heterocycles. The summed E-state index contributed by atoms with van der Waals surface area (Å²) in [4.78, 5) is 14.1. The van der Waals surface area contributed by atoms with Gasteiger partial charge in [0, 0.05) is 6.20 Å². The first-order valence-electron chi connectivity index (χ1n) is 4.33. The molecule has 16 heavy (non-hydrogen) atoms. The van der Waals surface area contributed by atoms with E-state index in [1.165, 1.54) is 19.4 Å². The molecule has 0 aliphatic rings. The molecule has 0 radical (unpaired) electrons. The molecule has 82 valence electrons. The van der Waals surface area contributed by atoms with E-state index in [9.17, 15) is 4.39 Å². The number of halogens is 1. The van der Waals surface area contributed by atoms with Gasteiger partial charge >= 0.3 is 0 Å². The molecule has 5 nitrogen and oxygen atoms in total. The maximum atomic E-state index is 13.4. The van der Waals surface area contributed by atoms with Crippen LogP contribution in [0.4, 0.5) is 4.39 Å². The second-order valence-electron chi connectivity index (χ2n) is 2.84. The molecule has 1 N–H and O–H groups in total. The van der Waals surface area contributed by atoms with Gasteiger partial charge in [0.05, 0.1) is 18.9 Å². The van der Waals surface area contributed by atoms with E-state index < -0.39 is 5.82 Å². The Morgan fingerprint density at radius 2 is 2.25 bits per heavy atom. The van der Waals surface area contributed by atoms with Crippen molar-refractivity contribution >= 4 is 12.2 Å². The minimum Gasteiger partial charge on any atom is -0.468 e. The third-order valence-corrected chi connectivity index (χ3v) is 2.03. The van der Waals surface area contributed by atoms with Gasteiger partial charge in [-0.15, -0.1) is 0 Å². The molecule has 0 bridgehead atoms. The molecule has 0 aliphatic carbocycles. The maximum absolute atomic E-state index is 13.4. The van der Waals surface area contributed by atoms with Gasteiger partial charge in [0.1, 0.15) is 5.82 Å². The van der Waals surface area contributed by atoms with Crippen LogP contribution in [-0.4, -0.2) is 27.0 Å². The standard InChI is InChI=1S/C9H7FN4OS/c1-15-8-12-7(13-9(16)14-8)5-2-3-11-4-6(5)10/h2-4H,1H3,(H,12,13,14,16). The maximum Gasteiger partial charge on any atom is 0.297 e. The quantitative estimate of drug-likeness (QED) is 0.807. The molecule has 0 unspecified atom stereocenters. The van der Waals surface area contributed by atoms with Crippen LogP contribution in [0.25, 0.3) is 11.4 Å². The van der Waals surface area contributed by atoms with Crippen molar-refractivity contribution in [2.75, 3.05) is 7.11 Å². The van der Waals surface area contributed by atoms with Crippen LogP contribution < -0.4 is 4.74 Å². The first-order valence-corrected chi connectivity index (χ1v) is 4.74. The second-order valence-corrected chi connectivity index (χ2v) is 3.21. The number of pyridine rings is 1. The molecule has 0 spiro atoms. The summed E-state index contributed by atoms with van der Waals surface area (Å²) >= 11 is 4.84. The van der Waals surface area contributed by atoms with Crippen LogP contribution in [-0.2, 0) is 0 Å². The number of methoxy groups -OCH3 is 1. The summed E-state index contributed by atoms with van der Waals surface area (Å²) in [5.41, 5.74) is 0.266. The average molecular weight is 238 g/mol. The van der Waals surface area contributed by atoms with Crippen LogP contribution in [0, 0.1) is 10.6 Å². The number of hydrogen-bond acceptors (Lipinski definition) is 5. The van der Waals surface area contributed by atoms with Crippen LogP contribution in [0.3, 0.4) is 0 Å². The number of nitrogens with one attached hydrogen (secondary N) is 1. The number of nitrogens with zero attached hydrogens (tertiary/aromatic N) is 3. The molecule has 0 aromatic carbocycles. The number of H-pyrrole nitrogens is 1. The number of ether oxygens (including phenoxy) is 1. The third kappa shape index (κ3) is 2.03. The third-order valence-electron chi connectivity index (χ3n) is 1.85. The van der Waals surface area contributed by atoms with Gasteiger partial charge in [-0.3, -0.25) is 9.97 Å². The van der Waals surface area contributed by atoms with E-state index in [-0.39, 0.29) is 22.2 Å². The Bertz CT molecular complexity index is 571. The highest BCUT2D eigenvalue weighted by atomic mass is 32.1. The molecule has 2 rings (SSSR count). The first-order chi connectivity index (χ1) is 7.70. The van der Waals surface area contributed by atoms with Crippen LogP contribution in [0.2, 0.25) is 0 Å². The van der Waals surface area contributed by atoms with E-state index in [0.717, 1.165) is 6.20 Å². The van der Waals surface area contributed by atoms with Gasteiger partial charge < -0.3 is 4.74 Å². The Balaban J connectivity index is 2.60. The van der Waals surface area contributed by atoms with Crippen molar-refractivity contribution < 1.29 is 9.13 Å². The molecule has 2 aromatic rings. The van der Waals surface area contributed by atoms with Crippen molar-refractivity contribution in [3.8, 4) is 17.4 Å². The smallest absolute Gasteiger partial charge is 0.297 e. The van der Waals surface area contributed by atoms with Gasteiger partial charge in [-0.25, -0.2) is 9.37 Å². The topological polar surface area (TPSA) is 63.7 Å². The highest BCUT2D eigenvalue weighted by molar-refractivity contribution is 7.71. The minimum atomic E-state index is -0.492. The Morgan fingerprint density at radius 1 is 1.44 bits per heavy atom. The SMILES string of the molecule is COc1nc(=S)nc(-c2ccncc2F)[nH]1. The van der Waals surface area contributed by atoms with E-state index in [4.69, 9.17) is 17.0 Å². The normalized spacial score (nSPS) is 10.1. The zero-order valence-electron chi connectivity index (χ0n) is 8.27. The van der Waals surface area contributed by atoms with Crippen molar-refractivity contribution in [2.45, 2.75) is 0 Å². The summed E-state index contributed by atoms with van der Waals surface area (Å²) < 4.78 is 18.4. The van der Waals surface area contributed by atoms with Gasteiger partial charge in [-0.05, 0) is 18.3 Å². The fourth-order valence-corrected chi connectivity index (χ4v) is 1.33. The van der Waals surface area contributed by atoms with Crippen molar-refractivity contribution in [1.29, 1.82) is 0 Å². The zero-order chi connectivity index (χ0) is 11.5. The molecule has 2 aromatic heterocycles. The fraction of sp³-hybridized carbons (Fsp3) is 0.111. The fourth-order valence-electron chi connectivity index (χ4n) is 1.16. The average Bonchev–Trinajstić information content (AvgIpc) is 2.28. The molecule has 0 fully saturated rings. The summed E-state index contributed by atoms with van der Waals surface area (Å²) in [5, 5.41) is 0. The summed E-state index contributed by atoms with van der Waals surface area (Å²) in [7, 11) is 1.43. The molecule has 0 atom stereocenters. The van der Waals surface area contributed by atoms with Gasteiger partial charge in [-0.2, -0.15) is 4.98 Å². The first kappa shape index (κ1) is 10.6. The van der Waals surface area contributed by atoms with Crippen molar-refractivity contribution in [2.24, 2.45) is 0 Å². The van der Waals surface area contributed by atoms with E-state index in [1.54, 1.807) is 0 Å². The molecular weight excluding hydrogens is 231 g/mol. The minimum absolute atomic E-state index is 0.0850. The van der Waals surface area contributed by atoms with Crippen LogP contribution in [0.5, 0.6) is 6.01 Å². The molecule has 0 aliphatic heterocycles. The number of rotatable bonds is 2. The van der Waals surface area contributed by atoms with E-state index >= 15 is 0 Å².